The molecule has 0 spiro atoms. The van der Waals surface area contributed by atoms with Gasteiger partial charge in [0.15, 0.2) is 0 Å². The summed E-state index contributed by atoms with van der Waals surface area (Å²) in [7, 11) is 0. The van der Waals surface area contributed by atoms with Gasteiger partial charge in [-0.2, -0.15) is 0 Å². The molecule has 100 valence electrons. The molecule has 1 fully saturated rings. The summed E-state index contributed by atoms with van der Waals surface area (Å²) in [6.45, 7) is 2.25. The van der Waals surface area contributed by atoms with Gasteiger partial charge in [0.05, 0.1) is 10.7 Å². The number of rotatable bonds is 4. The fraction of sp³-hybridized carbons (Fsp3) is 0.600. The van der Waals surface area contributed by atoms with Crippen LogP contribution in [0.3, 0.4) is 0 Å². The van der Waals surface area contributed by atoms with Gasteiger partial charge in [-0.25, -0.2) is 4.39 Å². The van der Waals surface area contributed by atoms with Gasteiger partial charge in [-0.15, -0.1) is 0 Å². The molecule has 0 bridgehead atoms. The van der Waals surface area contributed by atoms with Crippen LogP contribution in [0, 0.1) is 11.7 Å². The molecule has 0 aromatic heterocycles. The monoisotopic (exact) mass is 269 g/mol. The van der Waals surface area contributed by atoms with Crippen molar-refractivity contribution in [1.29, 1.82) is 0 Å². The lowest BCUT2D eigenvalue weighted by atomic mass is 9.83. The van der Waals surface area contributed by atoms with E-state index in [1.807, 2.05) is 0 Å². The molecule has 1 aliphatic rings. The molecule has 1 aromatic carbocycles. The Morgan fingerprint density at radius 3 is 2.67 bits per heavy atom. The standard InChI is InChI=1S/C15H21ClFN/c1-2-3-11-4-7-13(8-5-11)18-15-10-12(17)6-9-14(15)16/h6,9-11,13,18H,2-5,7-8H2,1H3. The van der Waals surface area contributed by atoms with Gasteiger partial charge in [0.1, 0.15) is 5.82 Å². The summed E-state index contributed by atoms with van der Waals surface area (Å²) in [4.78, 5) is 0. The van der Waals surface area contributed by atoms with E-state index in [9.17, 15) is 4.39 Å². The van der Waals surface area contributed by atoms with Crippen LogP contribution in [0.5, 0.6) is 0 Å². The molecule has 0 heterocycles. The van der Waals surface area contributed by atoms with Crippen LogP contribution in [0.2, 0.25) is 5.02 Å². The van der Waals surface area contributed by atoms with E-state index in [-0.39, 0.29) is 5.82 Å². The van der Waals surface area contributed by atoms with Gasteiger partial charge in [-0.3, -0.25) is 0 Å². The largest absolute Gasteiger partial charge is 0.381 e. The van der Waals surface area contributed by atoms with Crippen molar-refractivity contribution in [3.05, 3.63) is 29.0 Å². The Bertz CT molecular complexity index is 386. The summed E-state index contributed by atoms with van der Waals surface area (Å²) in [6, 6.07) is 4.94. The molecule has 3 heteroatoms. The molecule has 1 aliphatic carbocycles. The zero-order valence-corrected chi connectivity index (χ0v) is 11.6. The topological polar surface area (TPSA) is 12.0 Å². The van der Waals surface area contributed by atoms with Crippen molar-refractivity contribution >= 4 is 17.3 Å². The van der Waals surface area contributed by atoms with Gasteiger partial charge in [0.25, 0.3) is 0 Å². The third-order valence-electron chi connectivity index (χ3n) is 3.83. The first-order chi connectivity index (χ1) is 8.69. The average Bonchev–Trinajstić information content (AvgIpc) is 2.37. The fourth-order valence-electron chi connectivity index (χ4n) is 2.83. The predicted octanol–water partition coefficient (Wildman–Crippen LogP) is 5.25. The van der Waals surface area contributed by atoms with Crippen LogP contribution >= 0.6 is 11.6 Å². The Morgan fingerprint density at radius 2 is 2.00 bits per heavy atom. The molecule has 18 heavy (non-hydrogen) atoms. The van der Waals surface area contributed by atoms with Crippen LogP contribution in [0.1, 0.15) is 45.4 Å². The van der Waals surface area contributed by atoms with E-state index in [0.717, 1.165) is 24.4 Å². The molecule has 1 saturated carbocycles. The first-order valence-corrected chi connectivity index (χ1v) is 7.28. The van der Waals surface area contributed by atoms with Gasteiger partial charge < -0.3 is 5.32 Å². The SMILES string of the molecule is CCCC1CCC(Nc2cc(F)ccc2Cl)CC1. The molecule has 0 atom stereocenters. The van der Waals surface area contributed by atoms with Crippen LogP contribution in [-0.4, -0.2) is 6.04 Å². The number of benzene rings is 1. The minimum Gasteiger partial charge on any atom is -0.381 e. The van der Waals surface area contributed by atoms with Crippen molar-refractivity contribution in [2.75, 3.05) is 5.32 Å². The highest BCUT2D eigenvalue weighted by molar-refractivity contribution is 6.33. The summed E-state index contributed by atoms with van der Waals surface area (Å²) in [5.74, 6) is 0.651. The molecule has 0 amide bonds. The highest BCUT2D eigenvalue weighted by atomic mass is 35.5. The van der Waals surface area contributed by atoms with Gasteiger partial charge in [0, 0.05) is 6.04 Å². The minimum absolute atomic E-state index is 0.235. The van der Waals surface area contributed by atoms with Crippen molar-refractivity contribution in [2.24, 2.45) is 5.92 Å². The van der Waals surface area contributed by atoms with Crippen LogP contribution in [-0.2, 0) is 0 Å². The maximum absolute atomic E-state index is 13.2. The Morgan fingerprint density at radius 1 is 1.28 bits per heavy atom. The number of halogens is 2. The van der Waals surface area contributed by atoms with E-state index in [4.69, 9.17) is 11.6 Å². The van der Waals surface area contributed by atoms with Crippen molar-refractivity contribution in [3.63, 3.8) is 0 Å². The molecule has 1 aromatic rings. The van der Waals surface area contributed by atoms with Crippen LogP contribution in [0.25, 0.3) is 0 Å². The summed E-state index contributed by atoms with van der Waals surface area (Å²) in [5.41, 5.74) is 0.732. The molecule has 2 rings (SSSR count). The van der Waals surface area contributed by atoms with Gasteiger partial charge >= 0.3 is 0 Å². The summed E-state index contributed by atoms with van der Waals surface area (Å²) >= 11 is 6.06. The van der Waals surface area contributed by atoms with E-state index >= 15 is 0 Å². The molecule has 0 unspecified atom stereocenters. The summed E-state index contributed by atoms with van der Waals surface area (Å²) < 4.78 is 13.2. The van der Waals surface area contributed by atoms with Crippen molar-refractivity contribution in [3.8, 4) is 0 Å². The summed E-state index contributed by atoms with van der Waals surface area (Å²) in [6.07, 6.45) is 7.50. The van der Waals surface area contributed by atoms with E-state index in [2.05, 4.69) is 12.2 Å². The van der Waals surface area contributed by atoms with Crippen LogP contribution in [0.15, 0.2) is 18.2 Å². The minimum atomic E-state index is -0.235. The van der Waals surface area contributed by atoms with E-state index in [0.29, 0.717) is 11.1 Å². The first-order valence-electron chi connectivity index (χ1n) is 6.90. The Balaban J connectivity index is 1.89. The van der Waals surface area contributed by atoms with E-state index < -0.39 is 0 Å². The highest BCUT2D eigenvalue weighted by Crippen LogP contribution is 2.31. The maximum Gasteiger partial charge on any atom is 0.125 e. The number of hydrogen-bond acceptors (Lipinski definition) is 1. The second-order valence-electron chi connectivity index (χ2n) is 5.27. The zero-order valence-electron chi connectivity index (χ0n) is 10.9. The quantitative estimate of drug-likeness (QED) is 0.787. The summed E-state index contributed by atoms with van der Waals surface area (Å²) in [5, 5.41) is 3.98. The smallest absolute Gasteiger partial charge is 0.125 e. The molecular formula is C15H21ClFN. The molecule has 0 aliphatic heterocycles. The molecule has 0 saturated heterocycles. The predicted molar refractivity (Wildman–Crippen MR) is 75.7 cm³/mol. The number of nitrogens with one attached hydrogen (secondary N) is 1. The Kier molecular flexibility index (Phi) is 4.87. The second kappa shape index (κ2) is 6.42. The van der Waals surface area contributed by atoms with E-state index in [1.54, 1.807) is 6.07 Å². The van der Waals surface area contributed by atoms with Gasteiger partial charge in [-0.05, 0) is 49.8 Å². The Labute approximate surface area is 114 Å². The first kappa shape index (κ1) is 13.7. The number of hydrogen-bond donors (Lipinski definition) is 1. The van der Waals surface area contributed by atoms with Gasteiger partial charge in [0.2, 0.25) is 0 Å². The van der Waals surface area contributed by atoms with Crippen molar-refractivity contribution in [1.82, 2.24) is 0 Å². The lowest BCUT2D eigenvalue weighted by Crippen LogP contribution is -2.26. The fourth-order valence-corrected chi connectivity index (χ4v) is 3.00. The Hall–Kier alpha value is -0.760. The number of anilines is 1. The second-order valence-corrected chi connectivity index (χ2v) is 5.68. The molecule has 0 radical (unpaired) electrons. The lowest BCUT2D eigenvalue weighted by Gasteiger charge is -2.29. The molecule has 1 nitrogen and oxygen atoms in total. The normalized spacial score (nSPS) is 23.9. The third kappa shape index (κ3) is 3.61. The average molecular weight is 270 g/mol. The van der Waals surface area contributed by atoms with Crippen molar-refractivity contribution < 1.29 is 4.39 Å². The zero-order chi connectivity index (χ0) is 13.0. The molecule has 1 N–H and O–H groups in total. The van der Waals surface area contributed by atoms with Crippen molar-refractivity contribution in [2.45, 2.75) is 51.5 Å². The van der Waals surface area contributed by atoms with Gasteiger partial charge in [-0.1, -0.05) is 31.4 Å². The van der Waals surface area contributed by atoms with E-state index in [1.165, 1.54) is 37.8 Å². The lowest BCUT2D eigenvalue weighted by molar-refractivity contribution is 0.319. The third-order valence-corrected chi connectivity index (χ3v) is 4.16. The maximum atomic E-state index is 13.2. The van der Waals surface area contributed by atoms with Crippen LogP contribution < -0.4 is 5.32 Å². The molecular weight excluding hydrogens is 249 g/mol. The van der Waals surface area contributed by atoms with Crippen LogP contribution in [0.4, 0.5) is 10.1 Å². The highest BCUT2D eigenvalue weighted by Gasteiger charge is 2.20.